The lowest BCUT2D eigenvalue weighted by Crippen LogP contribution is -2.37. The zero-order valence-electron chi connectivity index (χ0n) is 13.6. The van der Waals surface area contributed by atoms with Gasteiger partial charge in [0.05, 0.1) is 0 Å². The van der Waals surface area contributed by atoms with E-state index in [2.05, 4.69) is 31.2 Å². The predicted octanol–water partition coefficient (Wildman–Crippen LogP) is 5.04. The lowest BCUT2D eigenvalue weighted by atomic mass is 9.70. The molecule has 116 valence electrons. The van der Waals surface area contributed by atoms with Crippen LogP contribution in [0.4, 0.5) is 0 Å². The van der Waals surface area contributed by atoms with Gasteiger partial charge in [0.25, 0.3) is 0 Å². The second-order valence-corrected chi connectivity index (χ2v) is 7.42. The third-order valence-electron chi connectivity index (χ3n) is 5.93. The summed E-state index contributed by atoms with van der Waals surface area (Å²) < 4.78 is 0. The molecule has 21 heavy (non-hydrogen) atoms. The van der Waals surface area contributed by atoms with Crippen LogP contribution in [0.25, 0.3) is 0 Å². The minimum Gasteiger partial charge on any atom is -0.327 e. The second-order valence-electron chi connectivity index (χ2n) is 7.42. The van der Waals surface area contributed by atoms with Gasteiger partial charge < -0.3 is 5.73 Å². The molecule has 1 saturated carbocycles. The zero-order valence-corrected chi connectivity index (χ0v) is 13.6. The Morgan fingerprint density at radius 1 is 1.14 bits per heavy atom. The minimum absolute atomic E-state index is 0.451. The van der Waals surface area contributed by atoms with E-state index in [1.165, 1.54) is 57.8 Å². The summed E-state index contributed by atoms with van der Waals surface area (Å²) in [4.78, 5) is 0. The minimum atomic E-state index is 0.451. The van der Waals surface area contributed by atoms with Crippen molar-refractivity contribution in [2.75, 3.05) is 0 Å². The molecule has 0 saturated heterocycles. The van der Waals surface area contributed by atoms with Crippen molar-refractivity contribution >= 4 is 0 Å². The van der Waals surface area contributed by atoms with Crippen molar-refractivity contribution in [2.45, 2.75) is 76.7 Å². The fourth-order valence-electron chi connectivity index (χ4n) is 4.79. The molecular formula is C20H31N. The van der Waals surface area contributed by atoms with Crippen LogP contribution in [-0.2, 0) is 6.42 Å². The van der Waals surface area contributed by atoms with Gasteiger partial charge in [-0.15, -0.1) is 0 Å². The molecule has 0 bridgehead atoms. The summed E-state index contributed by atoms with van der Waals surface area (Å²) >= 11 is 0. The topological polar surface area (TPSA) is 26.0 Å². The smallest absolute Gasteiger partial charge is 0.00675 e. The SMILES string of the molecule is CCCC1CCC(N)C(CC2CCCc3ccccc32)C1. The Morgan fingerprint density at radius 3 is 2.86 bits per heavy atom. The molecule has 4 atom stereocenters. The molecule has 2 aliphatic carbocycles. The summed E-state index contributed by atoms with van der Waals surface area (Å²) in [7, 11) is 0. The van der Waals surface area contributed by atoms with Crippen molar-refractivity contribution in [1.29, 1.82) is 0 Å². The summed E-state index contributed by atoms with van der Waals surface area (Å²) in [5.41, 5.74) is 9.71. The largest absolute Gasteiger partial charge is 0.327 e. The van der Waals surface area contributed by atoms with Crippen LogP contribution in [0.1, 0.15) is 75.3 Å². The van der Waals surface area contributed by atoms with Crippen LogP contribution >= 0.6 is 0 Å². The van der Waals surface area contributed by atoms with Gasteiger partial charge in [0.1, 0.15) is 0 Å². The van der Waals surface area contributed by atoms with Gasteiger partial charge in [0.2, 0.25) is 0 Å². The Hall–Kier alpha value is -0.820. The first-order valence-electron chi connectivity index (χ1n) is 9.11. The third kappa shape index (κ3) is 3.51. The lowest BCUT2D eigenvalue weighted by molar-refractivity contribution is 0.199. The molecule has 0 radical (unpaired) electrons. The van der Waals surface area contributed by atoms with Gasteiger partial charge >= 0.3 is 0 Å². The number of fused-ring (bicyclic) bond motifs is 1. The highest BCUT2D eigenvalue weighted by molar-refractivity contribution is 5.32. The van der Waals surface area contributed by atoms with E-state index in [0.717, 1.165) is 17.8 Å². The molecule has 4 unspecified atom stereocenters. The van der Waals surface area contributed by atoms with Crippen LogP contribution in [0.5, 0.6) is 0 Å². The zero-order chi connectivity index (χ0) is 14.7. The first-order valence-corrected chi connectivity index (χ1v) is 9.11. The molecule has 2 aliphatic rings. The van der Waals surface area contributed by atoms with Crippen LogP contribution in [0.2, 0.25) is 0 Å². The van der Waals surface area contributed by atoms with Crippen LogP contribution in [0, 0.1) is 11.8 Å². The van der Waals surface area contributed by atoms with Gasteiger partial charge in [-0.05, 0) is 73.8 Å². The first-order chi connectivity index (χ1) is 10.3. The molecule has 0 spiro atoms. The molecule has 1 heteroatoms. The van der Waals surface area contributed by atoms with Gasteiger partial charge in [-0.25, -0.2) is 0 Å². The maximum atomic E-state index is 6.47. The van der Waals surface area contributed by atoms with Gasteiger partial charge in [0.15, 0.2) is 0 Å². The lowest BCUT2D eigenvalue weighted by Gasteiger charge is -2.37. The van der Waals surface area contributed by atoms with Crippen molar-refractivity contribution in [1.82, 2.24) is 0 Å². The van der Waals surface area contributed by atoms with E-state index in [0.29, 0.717) is 6.04 Å². The summed E-state index contributed by atoms with van der Waals surface area (Å²) in [6.45, 7) is 2.32. The molecule has 1 nitrogen and oxygen atoms in total. The maximum Gasteiger partial charge on any atom is 0.00675 e. The molecular weight excluding hydrogens is 254 g/mol. The quantitative estimate of drug-likeness (QED) is 0.824. The van der Waals surface area contributed by atoms with Crippen LogP contribution in [-0.4, -0.2) is 6.04 Å². The van der Waals surface area contributed by atoms with E-state index in [4.69, 9.17) is 5.73 Å². The Bertz CT molecular complexity index is 453. The number of hydrogen-bond acceptors (Lipinski definition) is 1. The van der Waals surface area contributed by atoms with Crippen molar-refractivity contribution in [2.24, 2.45) is 17.6 Å². The third-order valence-corrected chi connectivity index (χ3v) is 5.93. The Morgan fingerprint density at radius 2 is 2.00 bits per heavy atom. The monoisotopic (exact) mass is 285 g/mol. The van der Waals surface area contributed by atoms with Crippen LogP contribution in [0.3, 0.4) is 0 Å². The van der Waals surface area contributed by atoms with E-state index >= 15 is 0 Å². The van der Waals surface area contributed by atoms with Gasteiger partial charge in [-0.2, -0.15) is 0 Å². The summed E-state index contributed by atoms with van der Waals surface area (Å²) in [6, 6.07) is 9.58. The average molecular weight is 285 g/mol. The summed E-state index contributed by atoms with van der Waals surface area (Å²) in [5.74, 6) is 2.47. The van der Waals surface area contributed by atoms with Crippen molar-refractivity contribution < 1.29 is 0 Å². The molecule has 0 heterocycles. The molecule has 0 aliphatic heterocycles. The van der Waals surface area contributed by atoms with Gasteiger partial charge in [0, 0.05) is 6.04 Å². The number of benzene rings is 1. The molecule has 1 fully saturated rings. The first kappa shape index (κ1) is 15.1. The highest BCUT2D eigenvalue weighted by Gasteiger charge is 2.31. The fraction of sp³-hybridized carbons (Fsp3) is 0.700. The van der Waals surface area contributed by atoms with E-state index in [1.54, 1.807) is 11.1 Å². The van der Waals surface area contributed by atoms with E-state index < -0.39 is 0 Å². The van der Waals surface area contributed by atoms with E-state index in [1.807, 2.05) is 0 Å². The van der Waals surface area contributed by atoms with Crippen molar-refractivity contribution in [3.05, 3.63) is 35.4 Å². The van der Waals surface area contributed by atoms with Gasteiger partial charge in [-0.1, -0.05) is 44.0 Å². The highest BCUT2D eigenvalue weighted by Crippen LogP contribution is 2.41. The predicted molar refractivity (Wildman–Crippen MR) is 90.5 cm³/mol. The molecule has 2 N–H and O–H groups in total. The fourth-order valence-corrected chi connectivity index (χ4v) is 4.79. The van der Waals surface area contributed by atoms with Crippen LogP contribution in [0.15, 0.2) is 24.3 Å². The number of rotatable bonds is 4. The number of aryl methyl sites for hydroxylation is 1. The number of hydrogen-bond donors (Lipinski definition) is 1. The Kier molecular flexibility index (Phi) is 5.00. The van der Waals surface area contributed by atoms with Gasteiger partial charge in [-0.3, -0.25) is 0 Å². The number of nitrogens with two attached hydrogens (primary N) is 1. The summed E-state index contributed by atoms with van der Waals surface area (Å²) in [6.07, 6.45) is 12.1. The van der Waals surface area contributed by atoms with E-state index in [9.17, 15) is 0 Å². The molecule has 0 amide bonds. The molecule has 1 aromatic carbocycles. The second kappa shape index (κ2) is 6.96. The van der Waals surface area contributed by atoms with Crippen LogP contribution < -0.4 is 5.73 Å². The highest BCUT2D eigenvalue weighted by atomic mass is 14.7. The maximum absolute atomic E-state index is 6.47. The molecule has 0 aromatic heterocycles. The Labute approximate surface area is 130 Å². The van der Waals surface area contributed by atoms with Crippen molar-refractivity contribution in [3.63, 3.8) is 0 Å². The molecule has 1 aromatic rings. The average Bonchev–Trinajstić information content (AvgIpc) is 2.51. The van der Waals surface area contributed by atoms with Crippen molar-refractivity contribution in [3.8, 4) is 0 Å². The normalized spacial score (nSPS) is 32.7. The Balaban J connectivity index is 1.68. The van der Waals surface area contributed by atoms with E-state index in [-0.39, 0.29) is 0 Å². The standard InChI is InChI=1S/C20H31N/c1-2-6-15-11-12-20(21)18(13-15)14-17-9-5-8-16-7-3-4-10-19(16)17/h3-4,7,10,15,17-18,20H,2,5-6,8-9,11-14,21H2,1H3. The molecule has 3 rings (SSSR count). The summed E-state index contributed by atoms with van der Waals surface area (Å²) in [5, 5.41) is 0.